The topological polar surface area (TPSA) is 116 Å². The molecule has 1 aromatic heterocycles. The van der Waals surface area contributed by atoms with Gasteiger partial charge < -0.3 is 19.5 Å². The summed E-state index contributed by atoms with van der Waals surface area (Å²) in [6.45, 7) is 1.63. The first kappa shape index (κ1) is 24.1. The van der Waals surface area contributed by atoms with E-state index >= 15 is 0 Å². The molecule has 174 valence electrons. The molecule has 11 heteroatoms. The lowest BCUT2D eigenvalue weighted by Crippen LogP contribution is -2.17. The van der Waals surface area contributed by atoms with Gasteiger partial charge >= 0.3 is 0 Å². The molecular formula is C22H22ClN3O6S. The molecule has 2 aromatic carbocycles. The van der Waals surface area contributed by atoms with Crippen molar-refractivity contribution in [2.24, 2.45) is 0 Å². The van der Waals surface area contributed by atoms with Gasteiger partial charge in [-0.15, -0.1) is 0 Å². The molecule has 1 heterocycles. The van der Waals surface area contributed by atoms with Crippen LogP contribution in [0.5, 0.6) is 17.4 Å². The van der Waals surface area contributed by atoms with Crippen molar-refractivity contribution >= 4 is 38.9 Å². The highest BCUT2D eigenvalue weighted by molar-refractivity contribution is 7.92. The fourth-order valence-corrected chi connectivity index (χ4v) is 4.52. The zero-order chi connectivity index (χ0) is 24.2. The van der Waals surface area contributed by atoms with Crippen LogP contribution < -0.4 is 24.2 Å². The van der Waals surface area contributed by atoms with Crippen molar-refractivity contribution in [3.8, 4) is 17.4 Å². The molecule has 0 atom stereocenters. The lowest BCUT2D eigenvalue weighted by molar-refractivity contribution is 0.102. The lowest BCUT2D eigenvalue weighted by atomic mass is 10.1. The number of benzene rings is 2. The quantitative estimate of drug-likeness (QED) is 0.486. The number of ether oxygens (including phenoxy) is 3. The number of carbonyl (C=O) groups is 1. The highest BCUT2D eigenvalue weighted by Gasteiger charge is 2.22. The van der Waals surface area contributed by atoms with Crippen LogP contribution in [0.3, 0.4) is 0 Å². The van der Waals surface area contributed by atoms with Gasteiger partial charge in [-0.2, -0.15) is 0 Å². The Morgan fingerprint density at radius 3 is 2.30 bits per heavy atom. The fourth-order valence-electron chi connectivity index (χ4n) is 2.95. The molecule has 9 nitrogen and oxygen atoms in total. The minimum Gasteiger partial charge on any atom is -0.495 e. The molecule has 0 saturated carbocycles. The summed E-state index contributed by atoms with van der Waals surface area (Å²) in [6.07, 6.45) is 1.43. The van der Waals surface area contributed by atoms with E-state index in [1.54, 1.807) is 25.1 Å². The second kappa shape index (κ2) is 9.97. The van der Waals surface area contributed by atoms with Gasteiger partial charge in [-0.1, -0.05) is 17.7 Å². The average Bonchev–Trinajstić information content (AvgIpc) is 2.79. The fraction of sp³-hybridized carbons (Fsp3) is 0.182. The molecule has 0 fully saturated rings. The Morgan fingerprint density at radius 2 is 1.70 bits per heavy atom. The molecule has 0 saturated heterocycles. The van der Waals surface area contributed by atoms with Crippen molar-refractivity contribution in [3.05, 3.63) is 64.8 Å². The predicted molar refractivity (Wildman–Crippen MR) is 125 cm³/mol. The third-order valence-electron chi connectivity index (χ3n) is 4.66. The second-order valence-electron chi connectivity index (χ2n) is 6.82. The van der Waals surface area contributed by atoms with Crippen LogP contribution in [0.4, 0.5) is 11.4 Å². The van der Waals surface area contributed by atoms with Crippen molar-refractivity contribution in [2.45, 2.75) is 11.8 Å². The predicted octanol–water partition coefficient (Wildman–Crippen LogP) is 4.12. The number of hydrogen-bond acceptors (Lipinski definition) is 7. The molecule has 0 aliphatic heterocycles. The van der Waals surface area contributed by atoms with Crippen LogP contribution in [0.15, 0.2) is 53.6 Å². The standard InChI is InChI=1S/C22H22ClN3O6S/c1-13-5-6-14(22(27)25-15-7-8-21(32-4)24-12-15)9-20(13)33(28,29)26-17-10-16(23)18(30-2)11-19(17)31-3/h5-12,26H,1-4H3,(H,25,27). The number of nitrogens with one attached hydrogen (secondary N) is 2. The van der Waals surface area contributed by atoms with Crippen LogP contribution in [0.2, 0.25) is 5.02 Å². The van der Waals surface area contributed by atoms with Gasteiger partial charge in [0.25, 0.3) is 15.9 Å². The minimum atomic E-state index is -4.09. The Labute approximate surface area is 196 Å². The Balaban J connectivity index is 1.90. The van der Waals surface area contributed by atoms with Gasteiger partial charge in [0.15, 0.2) is 0 Å². The number of sulfonamides is 1. The Morgan fingerprint density at radius 1 is 0.970 bits per heavy atom. The highest BCUT2D eigenvalue weighted by Crippen LogP contribution is 2.37. The SMILES string of the molecule is COc1ccc(NC(=O)c2ccc(C)c(S(=O)(=O)Nc3cc(Cl)c(OC)cc3OC)c2)cn1. The molecule has 0 unspecified atom stereocenters. The first-order valence-corrected chi connectivity index (χ1v) is 11.4. The summed E-state index contributed by atoms with van der Waals surface area (Å²) in [5.74, 6) is 0.457. The van der Waals surface area contributed by atoms with E-state index in [4.69, 9.17) is 25.8 Å². The first-order chi connectivity index (χ1) is 15.7. The van der Waals surface area contributed by atoms with Gasteiger partial charge in [-0.3, -0.25) is 9.52 Å². The molecule has 2 N–H and O–H groups in total. The van der Waals surface area contributed by atoms with E-state index in [0.717, 1.165) is 0 Å². The van der Waals surface area contributed by atoms with Crippen molar-refractivity contribution in [2.75, 3.05) is 31.4 Å². The summed E-state index contributed by atoms with van der Waals surface area (Å²) in [5.41, 5.74) is 1.16. The van der Waals surface area contributed by atoms with Crippen LogP contribution in [0.25, 0.3) is 0 Å². The van der Waals surface area contributed by atoms with E-state index in [1.165, 1.54) is 51.8 Å². The summed E-state index contributed by atoms with van der Waals surface area (Å²) in [7, 11) is 0.226. The van der Waals surface area contributed by atoms with Crippen LogP contribution in [-0.4, -0.2) is 40.6 Å². The van der Waals surface area contributed by atoms with Gasteiger partial charge in [0.2, 0.25) is 5.88 Å². The van der Waals surface area contributed by atoms with Gasteiger partial charge in [-0.25, -0.2) is 13.4 Å². The summed E-state index contributed by atoms with van der Waals surface area (Å²) in [4.78, 5) is 16.6. The van der Waals surface area contributed by atoms with E-state index in [2.05, 4.69) is 15.0 Å². The number of nitrogens with zero attached hydrogens (tertiary/aromatic N) is 1. The number of methoxy groups -OCH3 is 3. The van der Waals surface area contributed by atoms with Gasteiger partial charge in [-0.05, 0) is 36.8 Å². The third kappa shape index (κ3) is 5.47. The number of anilines is 2. The van der Waals surface area contributed by atoms with Crippen molar-refractivity contribution < 1.29 is 27.4 Å². The molecule has 0 radical (unpaired) electrons. The Bertz CT molecular complexity index is 1280. The van der Waals surface area contributed by atoms with Crippen molar-refractivity contribution in [1.82, 2.24) is 4.98 Å². The molecular weight excluding hydrogens is 470 g/mol. The zero-order valence-corrected chi connectivity index (χ0v) is 19.9. The average molecular weight is 492 g/mol. The summed E-state index contributed by atoms with van der Waals surface area (Å²) in [6, 6.07) is 10.5. The lowest BCUT2D eigenvalue weighted by Gasteiger charge is -2.16. The van der Waals surface area contributed by atoms with Crippen molar-refractivity contribution in [3.63, 3.8) is 0 Å². The molecule has 0 aliphatic carbocycles. The zero-order valence-electron chi connectivity index (χ0n) is 18.3. The number of amides is 1. The van der Waals surface area contributed by atoms with Crippen LogP contribution >= 0.6 is 11.6 Å². The number of carbonyl (C=O) groups excluding carboxylic acids is 1. The highest BCUT2D eigenvalue weighted by atomic mass is 35.5. The number of aryl methyl sites for hydroxylation is 1. The molecule has 3 rings (SSSR count). The monoisotopic (exact) mass is 491 g/mol. The Hall–Kier alpha value is -3.50. The largest absolute Gasteiger partial charge is 0.495 e. The number of hydrogen-bond donors (Lipinski definition) is 2. The molecule has 1 amide bonds. The van der Waals surface area contributed by atoms with Gasteiger partial charge in [0, 0.05) is 17.7 Å². The summed E-state index contributed by atoms with van der Waals surface area (Å²) in [5, 5.41) is 2.87. The number of aromatic nitrogens is 1. The van der Waals surface area contributed by atoms with Crippen LogP contribution in [-0.2, 0) is 10.0 Å². The molecule has 0 spiro atoms. The number of rotatable bonds is 8. The summed E-state index contributed by atoms with van der Waals surface area (Å²) < 4.78 is 44.2. The first-order valence-electron chi connectivity index (χ1n) is 9.55. The van der Waals surface area contributed by atoms with Crippen molar-refractivity contribution in [1.29, 1.82) is 0 Å². The van der Waals surface area contributed by atoms with Crippen LogP contribution in [0, 0.1) is 6.92 Å². The van der Waals surface area contributed by atoms with Gasteiger partial charge in [0.05, 0.1) is 48.8 Å². The maximum Gasteiger partial charge on any atom is 0.262 e. The summed E-state index contributed by atoms with van der Waals surface area (Å²) >= 11 is 6.15. The third-order valence-corrected chi connectivity index (χ3v) is 6.46. The number of halogens is 1. The molecule has 3 aromatic rings. The van der Waals surface area contributed by atoms with E-state index in [9.17, 15) is 13.2 Å². The van der Waals surface area contributed by atoms with E-state index in [1.807, 2.05) is 0 Å². The normalized spacial score (nSPS) is 10.9. The minimum absolute atomic E-state index is 0.0722. The van der Waals surface area contributed by atoms with Crippen LogP contribution in [0.1, 0.15) is 15.9 Å². The smallest absolute Gasteiger partial charge is 0.262 e. The van der Waals surface area contributed by atoms with E-state index in [-0.39, 0.29) is 26.9 Å². The molecule has 33 heavy (non-hydrogen) atoms. The number of pyridine rings is 1. The maximum atomic E-state index is 13.2. The Kier molecular flexibility index (Phi) is 7.29. The second-order valence-corrected chi connectivity index (χ2v) is 8.87. The maximum absolute atomic E-state index is 13.2. The molecule has 0 aliphatic rings. The van der Waals surface area contributed by atoms with E-state index in [0.29, 0.717) is 22.9 Å². The van der Waals surface area contributed by atoms with E-state index < -0.39 is 15.9 Å². The van der Waals surface area contributed by atoms with Gasteiger partial charge in [0.1, 0.15) is 11.5 Å². The molecule has 0 bridgehead atoms.